The fourth-order valence-electron chi connectivity index (χ4n) is 1.25. The van der Waals surface area contributed by atoms with Crippen molar-refractivity contribution >= 4 is 0 Å². The molecule has 0 radical (unpaired) electrons. The Labute approximate surface area is 80.2 Å². The molecule has 14 heavy (non-hydrogen) atoms. The van der Waals surface area contributed by atoms with Gasteiger partial charge in [-0.15, -0.1) is 0 Å². The highest BCUT2D eigenvalue weighted by molar-refractivity contribution is 5.45. The maximum Gasteiger partial charge on any atom is 0.230 e. The van der Waals surface area contributed by atoms with Crippen LogP contribution in [0.4, 0.5) is 0 Å². The molecule has 0 spiro atoms. The van der Waals surface area contributed by atoms with Crippen LogP contribution in [0.2, 0.25) is 0 Å². The van der Waals surface area contributed by atoms with Crippen molar-refractivity contribution < 1.29 is 4.52 Å². The second-order valence-electron chi connectivity index (χ2n) is 3.32. The smallest absolute Gasteiger partial charge is 0.230 e. The number of rotatable bonds is 2. The zero-order valence-electron chi connectivity index (χ0n) is 7.42. The average Bonchev–Trinajstić information content (AvgIpc) is 2.98. The molecule has 5 heteroatoms. The molecule has 0 amide bonds. The first-order valence-corrected chi connectivity index (χ1v) is 4.53. The van der Waals surface area contributed by atoms with E-state index in [1.807, 2.05) is 0 Å². The summed E-state index contributed by atoms with van der Waals surface area (Å²) in [5, 5.41) is 3.86. The van der Waals surface area contributed by atoms with Crippen molar-refractivity contribution in [2.45, 2.75) is 18.8 Å². The highest BCUT2D eigenvalue weighted by atomic mass is 16.5. The lowest BCUT2D eigenvalue weighted by molar-refractivity contribution is 0.380. The molecule has 0 bridgehead atoms. The topological polar surface area (TPSA) is 64.7 Å². The second kappa shape index (κ2) is 2.87. The zero-order chi connectivity index (χ0) is 9.38. The van der Waals surface area contributed by atoms with Crippen LogP contribution in [-0.2, 0) is 0 Å². The Kier molecular flexibility index (Phi) is 1.56. The number of nitrogens with zero attached hydrogens (tertiary/aromatic N) is 4. The van der Waals surface area contributed by atoms with Crippen LogP contribution < -0.4 is 0 Å². The van der Waals surface area contributed by atoms with Crippen molar-refractivity contribution in [1.82, 2.24) is 20.1 Å². The summed E-state index contributed by atoms with van der Waals surface area (Å²) in [6, 6.07) is 0. The first-order valence-electron chi connectivity index (χ1n) is 4.53. The average molecular weight is 188 g/mol. The molecule has 5 nitrogen and oxygen atoms in total. The van der Waals surface area contributed by atoms with Crippen LogP contribution in [-0.4, -0.2) is 20.1 Å². The maximum absolute atomic E-state index is 5.11. The molecular weight excluding hydrogens is 180 g/mol. The number of hydrogen-bond donors (Lipinski definition) is 0. The molecule has 3 rings (SSSR count). The first kappa shape index (κ1) is 7.61. The van der Waals surface area contributed by atoms with E-state index in [1.165, 1.54) is 0 Å². The minimum Gasteiger partial charge on any atom is -0.339 e. The third kappa shape index (κ3) is 1.26. The summed E-state index contributed by atoms with van der Waals surface area (Å²) in [5.41, 5.74) is 0.656. The zero-order valence-corrected chi connectivity index (χ0v) is 7.42. The number of hydrogen-bond acceptors (Lipinski definition) is 5. The fraction of sp³-hybridized carbons (Fsp3) is 0.333. The van der Waals surface area contributed by atoms with Gasteiger partial charge >= 0.3 is 0 Å². The highest BCUT2D eigenvalue weighted by Gasteiger charge is 2.29. The van der Waals surface area contributed by atoms with Gasteiger partial charge in [-0.3, -0.25) is 4.98 Å². The minimum atomic E-state index is 0.480. The van der Waals surface area contributed by atoms with E-state index >= 15 is 0 Å². The lowest BCUT2D eigenvalue weighted by atomic mass is 10.4. The van der Waals surface area contributed by atoms with Gasteiger partial charge in [0.15, 0.2) is 0 Å². The Hall–Kier alpha value is -1.78. The fourth-order valence-corrected chi connectivity index (χ4v) is 1.25. The molecule has 1 fully saturated rings. The van der Waals surface area contributed by atoms with E-state index < -0.39 is 0 Å². The lowest BCUT2D eigenvalue weighted by Crippen LogP contribution is -1.86. The standard InChI is InChI=1S/C9H8N4O/c1-2-6(1)9-12-8(13-14-9)7-5-10-3-4-11-7/h3-6H,1-2H2. The summed E-state index contributed by atoms with van der Waals surface area (Å²) in [5.74, 6) is 1.73. The third-order valence-electron chi connectivity index (χ3n) is 2.16. The van der Waals surface area contributed by atoms with Crippen molar-refractivity contribution in [3.05, 3.63) is 24.5 Å². The van der Waals surface area contributed by atoms with E-state index in [-0.39, 0.29) is 0 Å². The Bertz CT molecular complexity index is 435. The maximum atomic E-state index is 5.11. The van der Waals surface area contributed by atoms with Crippen molar-refractivity contribution in [2.24, 2.45) is 0 Å². The van der Waals surface area contributed by atoms with E-state index in [0.717, 1.165) is 18.7 Å². The Balaban J connectivity index is 1.96. The van der Waals surface area contributed by atoms with Crippen LogP contribution in [0.25, 0.3) is 11.5 Å². The summed E-state index contributed by atoms with van der Waals surface area (Å²) in [7, 11) is 0. The molecule has 2 aromatic heterocycles. The third-order valence-corrected chi connectivity index (χ3v) is 2.16. The van der Waals surface area contributed by atoms with E-state index in [9.17, 15) is 0 Å². The molecule has 1 saturated carbocycles. The highest BCUT2D eigenvalue weighted by Crippen LogP contribution is 2.39. The van der Waals surface area contributed by atoms with Gasteiger partial charge in [0.25, 0.3) is 0 Å². The van der Waals surface area contributed by atoms with E-state index in [2.05, 4.69) is 20.1 Å². The molecule has 1 aliphatic carbocycles. The van der Waals surface area contributed by atoms with Crippen LogP contribution in [0, 0.1) is 0 Å². The molecule has 0 aliphatic heterocycles. The summed E-state index contributed by atoms with van der Waals surface area (Å²) < 4.78 is 5.11. The lowest BCUT2D eigenvalue weighted by Gasteiger charge is -1.88. The monoisotopic (exact) mass is 188 g/mol. The van der Waals surface area contributed by atoms with Gasteiger partial charge in [-0.1, -0.05) is 5.16 Å². The Morgan fingerprint density at radius 2 is 2.21 bits per heavy atom. The van der Waals surface area contributed by atoms with E-state index in [4.69, 9.17) is 4.52 Å². The molecule has 0 aromatic carbocycles. The van der Waals surface area contributed by atoms with Gasteiger partial charge in [-0.2, -0.15) is 4.98 Å². The predicted molar refractivity (Wildman–Crippen MR) is 47.3 cm³/mol. The molecule has 0 saturated heterocycles. The van der Waals surface area contributed by atoms with Crippen LogP contribution in [0.3, 0.4) is 0 Å². The largest absolute Gasteiger partial charge is 0.339 e. The van der Waals surface area contributed by atoms with Crippen molar-refractivity contribution in [2.75, 3.05) is 0 Å². The summed E-state index contributed by atoms with van der Waals surface area (Å²) in [4.78, 5) is 12.3. The van der Waals surface area contributed by atoms with Gasteiger partial charge < -0.3 is 4.52 Å². The van der Waals surface area contributed by atoms with Crippen LogP contribution in [0.5, 0.6) is 0 Å². The van der Waals surface area contributed by atoms with Crippen LogP contribution >= 0.6 is 0 Å². The predicted octanol–water partition coefficient (Wildman–Crippen LogP) is 1.40. The quantitative estimate of drug-likeness (QED) is 0.712. The molecule has 70 valence electrons. The second-order valence-corrected chi connectivity index (χ2v) is 3.32. The molecular formula is C9H8N4O. The number of aromatic nitrogens is 4. The van der Waals surface area contributed by atoms with Crippen LogP contribution in [0.1, 0.15) is 24.7 Å². The van der Waals surface area contributed by atoms with Crippen LogP contribution in [0.15, 0.2) is 23.1 Å². The first-order chi connectivity index (χ1) is 6.93. The molecule has 0 atom stereocenters. The Morgan fingerprint density at radius 3 is 2.93 bits per heavy atom. The summed E-state index contributed by atoms with van der Waals surface area (Å²) in [6.07, 6.45) is 7.17. The normalized spacial score (nSPS) is 15.7. The van der Waals surface area contributed by atoms with Gasteiger partial charge in [0.2, 0.25) is 11.7 Å². The van der Waals surface area contributed by atoms with Gasteiger partial charge in [0.1, 0.15) is 5.69 Å². The van der Waals surface area contributed by atoms with Gasteiger partial charge in [-0.25, -0.2) is 4.98 Å². The van der Waals surface area contributed by atoms with E-state index in [0.29, 0.717) is 17.4 Å². The SMILES string of the molecule is c1cnc(-c2noc(C3CC3)n2)cn1. The van der Waals surface area contributed by atoms with Crippen molar-refractivity contribution in [3.63, 3.8) is 0 Å². The molecule has 1 aliphatic rings. The van der Waals surface area contributed by atoms with Gasteiger partial charge in [0, 0.05) is 18.3 Å². The van der Waals surface area contributed by atoms with Crippen molar-refractivity contribution in [1.29, 1.82) is 0 Å². The summed E-state index contributed by atoms with van der Waals surface area (Å²) in [6.45, 7) is 0. The minimum absolute atomic E-state index is 0.480. The van der Waals surface area contributed by atoms with Gasteiger partial charge in [-0.05, 0) is 12.8 Å². The van der Waals surface area contributed by atoms with Crippen molar-refractivity contribution in [3.8, 4) is 11.5 Å². The molecule has 2 aromatic rings. The molecule has 0 N–H and O–H groups in total. The van der Waals surface area contributed by atoms with E-state index in [1.54, 1.807) is 18.6 Å². The molecule has 2 heterocycles. The molecule has 0 unspecified atom stereocenters. The Morgan fingerprint density at radius 1 is 1.29 bits per heavy atom. The van der Waals surface area contributed by atoms with Gasteiger partial charge in [0.05, 0.1) is 6.20 Å². The summed E-state index contributed by atoms with van der Waals surface area (Å²) >= 11 is 0.